The van der Waals surface area contributed by atoms with Gasteiger partial charge in [-0.3, -0.25) is 19.4 Å². The summed E-state index contributed by atoms with van der Waals surface area (Å²) in [6.45, 7) is 37.6. The first kappa shape index (κ1) is 71.2. The van der Waals surface area contributed by atoms with Crippen LogP contribution < -0.4 is 10.6 Å². The molecule has 3 saturated heterocycles. The van der Waals surface area contributed by atoms with Gasteiger partial charge in [-0.1, -0.05) is 123 Å². The minimum absolute atomic E-state index is 0. The van der Waals surface area contributed by atoms with E-state index in [0.29, 0.717) is 29.3 Å². The number of likely N-dealkylation sites (N-methyl/N-ethyl adjacent to an activating group) is 1. The largest absolute Gasteiger partial charge is 0.450 e. The van der Waals surface area contributed by atoms with Crippen molar-refractivity contribution in [1.29, 1.82) is 0 Å². The van der Waals surface area contributed by atoms with E-state index in [4.69, 9.17) is 4.74 Å². The van der Waals surface area contributed by atoms with E-state index in [1.165, 1.54) is 126 Å². The van der Waals surface area contributed by atoms with Crippen molar-refractivity contribution < 1.29 is 31.2 Å². The number of piperidine rings is 3. The van der Waals surface area contributed by atoms with E-state index >= 15 is 0 Å². The number of nitrogens with zero attached hydrogens (tertiary/aromatic N) is 6. The molecule has 3 atom stereocenters. The van der Waals surface area contributed by atoms with Crippen LogP contribution >= 0.6 is 0 Å². The summed E-state index contributed by atoms with van der Waals surface area (Å²) >= 11 is 0. The molecule has 3 aliphatic carbocycles. The quantitative estimate of drug-likeness (QED) is 0.119. The molecule has 91 heavy (non-hydrogen) atoms. The second kappa shape index (κ2) is 31.0. The third-order valence-electron chi connectivity index (χ3n) is 21.4. The number of ether oxygens (including phenoxy) is 1. The van der Waals surface area contributed by atoms with Crippen LogP contribution in [0.2, 0.25) is 0 Å². The molecule has 3 spiro atoms. The van der Waals surface area contributed by atoms with Crippen molar-refractivity contribution in [2.24, 2.45) is 16.2 Å². The molecular weight excluding hydrogens is 1140 g/mol. The van der Waals surface area contributed by atoms with Crippen molar-refractivity contribution in [3.05, 3.63) is 136 Å². The van der Waals surface area contributed by atoms with Gasteiger partial charge in [-0.2, -0.15) is 0 Å². The number of aromatic nitrogens is 1. The van der Waals surface area contributed by atoms with Crippen LogP contribution in [0, 0.1) is 22.1 Å². The molecule has 3 aromatic carbocycles. The number of hydrogen-bond acceptors (Lipinski definition) is 9. The fourth-order valence-electron chi connectivity index (χ4n) is 15.6. The van der Waals surface area contributed by atoms with Gasteiger partial charge in [0.25, 0.3) is 0 Å². The maximum Gasteiger partial charge on any atom is 0.410 e. The second-order valence-electron chi connectivity index (χ2n) is 31.4. The molecule has 10 rings (SSSR count). The minimum atomic E-state index is -0.228. The molecule has 504 valence electrons. The summed E-state index contributed by atoms with van der Waals surface area (Å²) in [7, 11) is 1.88. The van der Waals surface area contributed by atoms with Gasteiger partial charge in [0, 0.05) is 35.3 Å². The normalized spacial score (nSPS) is 21.1. The number of likely N-dealkylation sites (tertiary alicyclic amines) is 3. The Kier molecular flexibility index (Phi) is 24.3. The average Bonchev–Trinajstić information content (AvgIpc) is 0.771. The molecule has 2 N–H and O–H groups in total. The standard InChI is InChI=1S/C29H41N3O.C24H36FN3O2.C24H38N2O2.2H2/c1-5-32(27(33)22-23-10-8-9-18-30-23)26-13-14-29(25-12-7-6-11-24(25)26)16-20-31(21-17-29)19-15-28(2,3)4;1-17(29)26-16-22(30)27-21-7-8-24(20-15-18(25)5-6-19(20)21)10-13-28(14-11-24)12-9-23(2,3)4;1-6-28-22(27)25(5)21-11-12-24(20-10-8-7-9-19(20)21)14-17-26(18-15-24)16-13-23(2,3)4;;/h6-12,18,26H,5,13-17,19-22H2,1-4H3;5-6,15,21H,7-14,16H2,1-4H3,(H,26,29)(H,27,30);7-10,21H,6,11-18H2,1-5H3;2*1H/t26-;2*21-;;/m010../s1. The van der Waals surface area contributed by atoms with Gasteiger partial charge in [0.05, 0.1) is 37.7 Å². The fourth-order valence-corrected chi connectivity index (χ4v) is 15.6. The minimum Gasteiger partial charge on any atom is -0.450 e. The summed E-state index contributed by atoms with van der Waals surface area (Å²) in [4.78, 5) is 65.1. The highest BCUT2D eigenvalue weighted by Crippen LogP contribution is 2.52. The number of rotatable bonds is 15. The first-order valence-corrected chi connectivity index (χ1v) is 34.9. The van der Waals surface area contributed by atoms with E-state index < -0.39 is 0 Å². The summed E-state index contributed by atoms with van der Waals surface area (Å²) in [5, 5.41) is 5.57. The van der Waals surface area contributed by atoms with Gasteiger partial charge in [-0.05, 0) is 259 Å². The van der Waals surface area contributed by atoms with Crippen LogP contribution in [0.4, 0.5) is 9.18 Å². The van der Waals surface area contributed by atoms with Gasteiger partial charge in [0.1, 0.15) is 5.82 Å². The third kappa shape index (κ3) is 19.0. The van der Waals surface area contributed by atoms with Crippen LogP contribution in [0.3, 0.4) is 0 Å². The van der Waals surface area contributed by atoms with Crippen molar-refractivity contribution in [3.8, 4) is 0 Å². The molecule has 13 nitrogen and oxygen atoms in total. The first-order chi connectivity index (χ1) is 43.1. The number of benzene rings is 3. The topological polar surface area (TPSA) is 131 Å². The number of pyridine rings is 1. The van der Waals surface area contributed by atoms with Crippen molar-refractivity contribution in [1.82, 2.24) is 40.1 Å². The molecule has 0 radical (unpaired) electrons. The highest BCUT2D eigenvalue weighted by atomic mass is 19.1. The zero-order valence-corrected chi connectivity index (χ0v) is 58.3. The zero-order chi connectivity index (χ0) is 65.8. The van der Waals surface area contributed by atoms with Crippen LogP contribution in [0.5, 0.6) is 0 Å². The summed E-state index contributed by atoms with van der Waals surface area (Å²) < 4.78 is 19.5. The zero-order valence-electron chi connectivity index (χ0n) is 58.3. The number of carbonyl (C=O) groups excluding carboxylic acids is 4. The van der Waals surface area contributed by atoms with Crippen molar-refractivity contribution in [3.63, 3.8) is 0 Å². The molecule has 4 amide bonds. The maximum absolute atomic E-state index is 14.2. The molecular formula is C77H119FN8O5. The summed E-state index contributed by atoms with van der Waals surface area (Å²) in [6.07, 6.45) is 18.8. The van der Waals surface area contributed by atoms with Gasteiger partial charge in [0.15, 0.2) is 0 Å². The molecule has 0 bridgehead atoms. The van der Waals surface area contributed by atoms with E-state index in [2.05, 4.69) is 153 Å². The Morgan fingerprint density at radius 1 is 0.604 bits per heavy atom. The molecule has 1 aromatic heterocycles. The SMILES string of the molecule is CC(=O)NCC(=O)N[C@@H]1CCC2(CCN(CCC(C)(C)C)CC2)c2cc(F)ccc21.CCN(C(=O)Cc1ccccn1)[C@H]1CCC2(CCN(CCC(C)(C)C)CC2)c2ccccc21.CCOC(=O)N(C)[C@H]1CCC2(CCN(CCC(C)(C)C)CC2)c2ccccc21.[HH].[HH]. The van der Waals surface area contributed by atoms with Crippen LogP contribution in [0.15, 0.2) is 91.1 Å². The Hall–Kier alpha value is -5.70. The van der Waals surface area contributed by atoms with Crippen molar-refractivity contribution in [2.75, 3.05) is 85.6 Å². The highest BCUT2D eigenvalue weighted by molar-refractivity contribution is 5.84. The molecule has 3 fully saturated rings. The highest BCUT2D eigenvalue weighted by Gasteiger charge is 2.46. The van der Waals surface area contributed by atoms with E-state index in [-0.39, 0.29) is 73.4 Å². The van der Waals surface area contributed by atoms with Gasteiger partial charge < -0.3 is 39.9 Å². The number of fused-ring (bicyclic) bond motifs is 6. The number of hydrogen-bond donors (Lipinski definition) is 2. The molecule has 0 unspecified atom stereocenters. The van der Waals surface area contributed by atoms with Crippen molar-refractivity contribution in [2.45, 2.75) is 220 Å². The average molecular weight is 1260 g/mol. The maximum atomic E-state index is 14.2. The van der Waals surface area contributed by atoms with Gasteiger partial charge in [0.2, 0.25) is 17.7 Å². The smallest absolute Gasteiger partial charge is 0.410 e. The van der Waals surface area contributed by atoms with Crippen LogP contribution in [-0.2, 0) is 41.8 Å². The number of amides is 4. The summed E-state index contributed by atoms with van der Waals surface area (Å²) in [5.74, 6) is -0.468. The Labute approximate surface area is 550 Å². The predicted octanol–water partition coefficient (Wildman–Crippen LogP) is 15.3. The van der Waals surface area contributed by atoms with E-state index in [0.717, 1.165) is 87.9 Å². The lowest BCUT2D eigenvalue weighted by molar-refractivity contribution is -0.133. The van der Waals surface area contributed by atoms with Crippen molar-refractivity contribution >= 4 is 23.8 Å². The Balaban J connectivity index is 0.000000220. The lowest BCUT2D eigenvalue weighted by Crippen LogP contribution is -2.47. The summed E-state index contributed by atoms with van der Waals surface area (Å²) in [5.41, 5.74) is 10.3. The van der Waals surface area contributed by atoms with E-state index in [1.807, 2.05) is 38.2 Å². The van der Waals surface area contributed by atoms with Crippen LogP contribution in [0.25, 0.3) is 0 Å². The molecule has 6 aliphatic rings. The Bertz CT molecular complexity index is 3030. The second-order valence-corrected chi connectivity index (χ2v) is 31.4. The van der Waals surface area contributed by atoms with Gasteiger partial charge in [-0.15, -0.1) is 0 Å². The monoisotopic (exact) mass is 1250 g/mol. The lowest BCUT2D eigenvalue weighted by atomic mass is 9.63. The fraction of sp³-hybridized carbons (Fsp3) is 0.649. The predicted molar refractivity (Wildman–Crippen MR) is 371 cm³/mol. The molecule has 4 heterocycles. The van der Waals surface area contributed by atoms with Gasteiger partial charge in [-0.25, -0.2) is 9.18 Å². The molecule has 3 aliphatic heterocycles. The van der Waals surface area contributed by atoms with Gasteiger partial charge >= 0.3 is 6.09 Å². The number of halogens is 1. The first-order valence-electron chi connectivity index (χ1n) is 34.9. The van der Waals surface area contributed by atoms with E-state index in [9.17, 15) is 23.6 Å². The van der Waals surface area contributed by atoms with Crippen LogP contribution in [0.1, 0.15) is 239 Å². The Morgan fingerprint density at radius 3 is 1.53 bits per heavy atom. The third-order valence-corrected chi connectivity index (χ3v) is 21.4. The molecule has 14 heteroatoms. The molecule has 0 saturated carbocycles. The summed E-state index contributed by atoms with van der Waals surface area (Å²) in [6, 6.07) is 28.8. The number of nitrogens with one attached hydrogen (secondary N) is 2. The van der Waals surface area contributed by atoms with E-state index in [1.54, 1.807) is 17.2 Å². The number of carbonyl (C=O) groups is 4. The molecule has 4 aromatic rings. The van der Waals surface area contributed by atoms with Crippen LogP contribution in [-0.4, -0.2) is 139 Å². The lowest BCUT2D eigenvalue weighted by Gasteiger charge is -2.49. The Morgan fingerprint density at radius 2 is 1.07 bits per heavy atom.